The molecule has 0 spiro atoms. The fourth-order valence-corrected chi connectivity index (χ4v) is 3.54. The van der Waals surface area contributed by atoms with Gasteiger partial charge in [-0.2, -0.15) is 11.8 Å². The number of hydrogen-bond donors (Lipinski definition) is 2. The highest BCUT2D eigenvalue weighted by Gasteiger charge is 2.21. The number of nitrogens with one attached hydrogen (secondary N) is 1. The molecule has 9 heteroatoms. The average molecular weight is 319 g/mol. The van der Waals surface area contributed by atoms with Crippen LogP contribution in [0.3, 0.4) is 0 Å². The third kappa shape index (κ3) is 4.36. The molecule has 0 bridgehead atoms. The Morgan fingerprint density at radius 1 is 1.50 bits per heavy atom. The first kappa shape index (κ1) is 16.7. The molecule has 0 aliphatic heterocycles. The third-order valence-electron chi connectivity index (χ3n) is 2.57. The molecule has 0 aromatic heterocycles. The van der Waals surface area contributed by atoms with Crippen molar-refractivity contribution in [2.75, 3.05) is 24.3 Å². The second-order valence-electron chi connectivity index (χ2n) is 4.39. The van der Waals surface area contributed by atoms with Crippen LogP contribution in [0.4, 0.5) is 11.4 Å². The molecule has 7 nitrogen and oxygen atoms in total. The lowest BCUT2D eigenvalue weighted by molar-refractivity contribution is -0.385. The zero-order valence-corrected chi connectivity index (χ0v) is 12.8. The minimum atomic E-state index is -3.85. The van der Waals surface area contributed by atoms with Gasteiger partial charge in [-0.15, -0.1) is 0 Å². The lowest BCUT2D eigenvalue weighted by atomic mass is 10.2. The van der Waals surface area contributed by atoms with E-state index in [-0.39, 0.29) is 28.7 Å². The first-order valence-electron chi connectivity index (χ1n) is 5.80. The number of thioether (sulfide) groups is 1. The fourth-order valence-electron chi connectivity index (χ4n) is 1.54. The molecule has 0 radical (unpaired) electrons. The Labute approximate surface area is 122 Å². The number of nitrogens with zero attached hydrogens (tertiary/aromatic N) is 1. The molecule has 0 amide bonds. The van der Waals surface area contributed by atoms with E-state index in [9.17, 15) is 18.5 Å². The van der Waals surface area contributed by atoms with E-state index in [0.29, 0.717) is 0 Å². The fraction of sp³-hybridized carbons (Fsp3) is 0.455. The molecule has 1 aromatic carbocycles. The van der Waals surface area contributed by atoms with E-state index in [0.717, 1.165) is 11.8 Å². The first-order chi connectivity index (χ1) is 9.27. The molecule has 20 heavy (non-hydrogen) atoms. The van der Waals surface area contributed by atoms with Crippen molar-refractivity contribution in [1.82, 2.24) is 4.72 Å². The van der Waals surface area contributed by atoms with Crippen molar-refractivity contribution < 1.29 is 13.3 Å². The maximum atomic E-state index is 12.1. The maximum absolute atomic E-state index is 12.1. The number of nitrogens with two attached hydrogens (primary N) is 1. The zero-order chi connectivity index (χ0) is 15.3. The summed E-state index contributed by atoms with van der Waals surface area (Å²) >= 11 is 1.62. The van der Waals surface area contributed by atoms with Gasteiger partial charge in [0.15, 0.2) is 0 Å². The third-order valence-corrected chi connectivity index (χ3v) is 4.95. The molecule has 1 rings (SSSR count). The number of nitrogen functional groups attached to an aromatic ring is 1. The van der Waals surface area contributed by atoms with Crippen LogP contribution in [-0.2, 0) is 10.0 Å². The van der Waals surface area contributed by atoms with E-state index in [1.165, 1.54) is 12.1 Å². The van der Waals surface area contributed by atoms with E-state index >= 15 is 0 Å². The Hall–Kier alpha value is -1.32. The van der Waals surface area contributed by atoms with Gasteiger partial charge in [0, 0.05) is 18.7 Å². The van der Waals surface area contributed by atoms with Crippen LogP contribution < -0.4 is 10.5 Å². The summed E-state index contributed by atoms with van der Waals surface area (Å²) in [5.74, 6) is 0.965. The van der Waals surface area contributed by atoms with E-state index < -0.39 is 14.9 Å². The molecule has 0 saturated carbocycles. The minimum absolute atomic E-state index is 0.0133. The van der Waals surface area contributed by atoms with Gasteiger partial charge in [0.2, 0.25) is 10.0 Å². The average Bonchev–Trinajstić information content (AvgIpc) is 2.37. The second-order valence-corrected chi connectivity index (χ2v) is 7.04. The summed E-state index contributed by atoms with van der Waals surface area (Å²) in [7, 11) is -3.85. The van der Waals surface area contributed by atoms with Crippen LogP contribution >= 0.6 is 11.8 Å². The number of rotatable bonds is 7. The van der Waals surface area contributed by atoms with E-state index in [2.05, 4.69) is 4.72 Å². The number of hydrogen-bond acceptors (Lipinski definition) is 6. The normalized spacial score (nSPS) is 13.1. The van der Waals surface area contributed by atoms with Gasteiger partial charge in [-0.25, -0.2) is 13.1 Å². The molecular formula is C11H17N3O4S2. The quantitative estimate of drug-likeness (QED) is 0.446. The van der Waals surface area contributed by atoms with Gasteiger partial charge in [0.05, 0.1) is 10.6 Å². The van der Waals surface area contributed by atoms with Gasteiger partial charge in [-0.3, -0.25) is 10.1 Å². The standard InChI is InChI=1S/C11H17N3O4S2/c1-8(7-19-2)6-13-20(17,18)11-5-9(14(15)16)3-4-10(11)12/h3-5,8,13H,6-7,12H2,1-2H3. The molecule has 1 unspecified atom stereocenters. The van der Waals surface area contributed by atoms with Gasteiger partial charge in [-0.1, -0.05) is 6.92 Å². The Morgan fingerprint density at radius 3 is 2.70 bits per heavy atom. The lowest BCUT2D eigenvalue weighted by Crippen LogP contribution is -2.29. The van der Waals surface area contributed by atoms with Crippen molar-refractivity contribution in [3.05, 3.63) is 28.3 Å². The Balaban J connectivity index is 2.97. The number of sulfonamides is 1. The molecule has 1 atom stereocenters. The number of nitro groups is 1. The van der Waals surface area contributed by atoms with Crippen LogP contribution in [0, 0.1) is 16.0 Å². The number of benzene rings is 1. The predicted molar refractivity (Wildman–Crippen MR) is 80.2 cm³/mol. The van der Waals surface area contributed by atoms with Crippen LogP contribution in [-0.4, -0.2) is 31.9 Å². The van der Waals surface area contributed by atoms with E-state index in [1.807, 2.05) is 13.2 Å². The molecule has 112 valence electrons. The highest BCUT2D eigenvalue weighted by atomic mass is 32.2. The van der Waals surface area contributed by atoms with Crippen molar-refractivity contribution in [3.63, 3.8) is 0 Å². The summed E-state index contributed by atoms with van der Waals surface area (Å²) < 4.78 is 26.7. The maximum Gasteiger partial charge on any atom is 0.270 e. The number of anilines is 1. The van der Waals surface area contributed by atoms with Crippen LogP contribution in [0.2, 0.25) is 0 Å². The molecule has 0 heterocycles. The van der Waals surface area contributed by atoms with Gasteiger partial charge >= 0.3 is 0 Å². The van der Waals surface area contributed by atoms with E-state index in [1.54, 1.807) is 11.8 Å². The van der Waals surface area contributed by atoms with Crippen molar-refractivity contribution in [3.8, 4) is 0 Å². The van der Waals surface area contributed by atoms with Crippen LogP contribution in [0.5, 0.6) is 0 Å². The summed E-state index contributed by atoms with van der Waals surface area (Å²) in [6, 6.07) is 3.36. The van der Waals surface area contributed by atoms with Gasteiger partial charge in [-0.05, 0) is 24.0 Å². The smallest absolute Gasteiger partial charge is 0.270 e. The Kier molecular flexibility index (Phi) is 5.78. The van der Waals surface area contributed by atoms with Crippen molar-refractivity contribution in [2.45, 2.75) is 11.8 Å². The Bertz CT molecular complexity index is 589. The van der Waals surface area contributed by atoms with Crippen molar-refractivity contribution >= 4 is 33.2 Å². The van der Waals surface area contributed by atoms with Crippen molar-refractivity contribution in [1.29, 1.82) is 0 Å². The van der Waals surface area contributed by atoms with Crippen molar-refractivity contribution in [2.24, 2.45) is 5.92 Å². The summed E-state index contributed by atoms with van der Waals surface area (Å²) in [6.45, 7) is 2.17. The minimum Gasteiger partial charge on any atom is -0.398 e. The van der Waals surface area contributed by atoms with E-state index in [4.69, 9.17) is 5.73 Å². The number of non-ortho nitro benzene ring substituents is 1. The SMILES string of the molecule is CSCC(C)CNS(=O)(=O)c1cc([N+](=O)[O-])ccc1N. The molecule has 0 aliphatic carbocycles. The highest BCUT2D eigenvalue weighted by Crippen LogP contribution is 2.24. The molecule has 0 saturated heterocycles. The molecule has 3 N–H and O–H groups in total. The lowest BCUT2D eigenvalue weighted by Gasteiger charge is -2.12. The zero-order valence-electron chi connectivity index (χ0n) is 11.2. The summed E-state index contributed by atoms with van der Waals surface area (Å²) in [5, 5.41) is 10.7. The first-order valence-corrected chi connectivity index (χ1v) is 8.68. The monoisotopic (exact) mass is 319 g/mol. The topological polar surface area (TPSA) is 115 Å². The molecule has 1 aromatic rings. The van der Waals surface area contributed by atoms with Gasteiger partial charge < -0.3 is 5.73 Å². The summed E-state index contributed by atoms with van der Waals surface area (Å²) in [6.07, 6.45) is 1.93. The highest BCUT2D eigenvalue weighted by molar-refractivity contribution is 7.98. The predicted octanol–water partition coefficient (Wildman–Crippen LogP) is 1.45. The molecular weight excluding hydrogens is 302 g/mol. The van der Waals surface area contributed by atoms with Crippen LogP contribution in [0.1, 0.15) is 6.92 Å². The molecule has 0 aliphatic rings. The summed E-state index contributed by atoms with van der Waals surface area (Å²) in [4.78, 5) is 9.77. The largest absolute Gasteiger partial charge is 0.398 e. The van der Waals surface area contributed by atoms with Gasteiger partial charge in [0.1, 0.15) is 4.90 Å². The number of nitro benzene ring substituents is 1. The van der Waals surface area contributed by atoms with Crippen LogP contribution in [0.15, 0.2) is 23.1 Å². The summed E-state index contributed by atoms with van der Waals surface area (Å²) in [5.41, 5.74) is 5.27. The Morgan fingerprint density at radius 2 is 2.15 bits per heavy atom. The molecule has 0 fully saturated rings. The second kappa shape index (κ2) is 6.91. The van der Waals surface area contributed by atoms with Gasteiger partial charge in [0.25, 0.3) is 5.69 Å². The van der Waals surface area contributed by atoms with Crippen LogP contribution in [0.25, 0.3) is 0 Å².